The van der Waals surface area contributed by atoms with Crippen molar-refractivity contribution in [2.75, 3.05) is 36.4 Å². The molecule has 0 aliphatic rings. The van der Waals surface area contributed by atoms with E-state index in [0.717, 1.165) is 0 Å². The normalized spacial score (nSPS) is 9.47. The second-order valence-electron chi connectivity index (χ2n) is 3.82. The van der Waals surface area contributed by atoms with Gasteiger partial charge in [-0.3, -0.25) is 4.84 Å². The lowest BCUT2D eigenvalue weighted by atomic mass is 10.4. The van der Waals surface area contributed by atoms with Crippen molar-refractivity contribution < 1.29 is 4.84 Å². The van der Waals surface area contributed by atoms with E-state index in [2.05, 4.69) is 31.5 Å². The molecule has 0 spiro atoms. The zero-order chi connectivity index (χ0) is 13.5. The van der Waals surface area contributed by atoms with Crippen molar-refractivity contribution in [2.45, 2.75) is 19.9 Å². The SMILES string of the molecule is C#CCNc1nc(NC(C)C)nc(N(C)OC)n1.Cl. The third kappa shape index (κ3) is 5.59. The van der Waals surface area contributed by atoms with E-state index >= 15 is 0 Å². The molecule has 0 bridgehead atoms. The first kappa shape index (κ1) is 17.2. The fourth-order valence-corrected chi connectivity index (χ4v) is 1.12. The van der Waals surface area contributed by atoms with Crippen LogP contribution in [0.1, 0.15) is 13.8 Å². The molecule has 7 nitrogen and oxygen atoms in total. The van der Waals surface area contributed by atoms with Gasteiger partial charge >= 0.3 is 0 Å². The second-order valence-corrected chi connectivity index (χ2v) is 3.82. The Morgan fingerprint density at radius 3 is 2.47 bits per heavy atom. The number of hydrogen-bond acceptors (Lipinski definition) is 7. The summed E-state index contributed by atoms with van der Waals surface area (Å²) in [5, 5.41) is 7.45. The van der Waals surface area contributed by atoms with Gasteiger partial charge in [-0.15, -0.1) is 18.8 Å². The molecule has 1 heterocycles. The summed E-state index contributed by atoms with van der Waals surface area (Å²) in [5.74, 6) is 3.74. The fourth-order valence-electron chi connectivity index (χ4n) is 1.12. The van der Waals surface area contributed by atoms with E-state index in [4.69, 9.17) is 11.3 Å². The van der Waals surface area contributed by atoms with Crippen LogP contribution >= 0.6 is 12.4 Å². The van der Waals surface area contributed by atoms with Crippen LogP contribution in [0.2, 0.25) is 0 Å². The van der Waals surface area contributed by atoms with Crippen LogP contribution < -0.4 is 15.7 Å². The molecule has 0 fully saturated rings. The summed E-state index contributed by atoms with van der Waals surface area (Å²) < 4.78 is 0. The summed E-state index contributed by atoms with van der Waals surface area (Å²) in [7, 11) is 3.24. The third-order valence-corrected chi connectivity index (χ3v) is 1.95. The number of hydroxylamine groups is 1. The Morgan fingerprint density at radius 1 is 1.32 bits per heavy atom. The number of nitrogens with zero attached hydrogens (tertiary/aromatic N) is 4. The Labute approximate surface area is 119 Å². The van der Waals surface area contributed by atoms with E-state index in [0.29, 0.717) is 24.4 Å². The largest absolute Gasteiger partial charge is 0.352 e. The fraction of sp³-hybridized carbons (Fsp3) is 0.545. The van der Waals surface area contributed by atoms with Gasteiger partial charge in [0, 0.05) is 13.1 Å². The lowest BCUT2D eigenvalue weighted by Crippen LogP contribution is -2.21. The number of nitrogens with one attached hydrogen (secondary N) is 2. The molecule has 1 rings (SSSR count). The molecule has 0 saturated heterocycles. The van der Waals surface area contributed by atoms with Crippen LogP contribution in [-0.4, -0.2) is 41.7 Å². The summed E-state index contributed by atoms with van der Waals surface area (Å²) >= 11 is 0. The van der Waals surface area contributed by atoms with Crippen LogP contribution in [0.15, 0.2) is 0 Å². The molecule has 8 heteroatoms. The predicted octanol–water partition coefficient (Wildman–Crippen LogP) is 1.16. The van der Waals surface area contributed by atoms with Crippen LogP contribution in [0.3, 0.4) is 0 Å². The quantitative estimate of drug-likeness (QED) is 0.600. The van der Waals surface area contributed by atoms with Gasteiger partial charge in [0.2, 0.25) is 11.9 Å². The molecule has 1 aromatic heterocycles. The van der Waals surface area contributed by atoms with E-state index in [9.17, 15) is 0 Å². The molecule has 2 N–H and O–H groups in total. The first-order chi connectivity index (χ1) is 8.56. The highest BCUT2D eigenvalue weighted by Gasteiger charge is 2.10. The van der Waals surface area contributed by atoms with E-state index < -0.39 is 0 Å². The second kappa shape index (κ2) is 8.34. The minimum absolute atomic E-state index is 0. The van der Waals surface area contributed by atoms with Crippen molar-refractivity contribution >= 4 is 30.3 Å². The molecule has 0 radical (unpaired) electrons. The maximum Gasteiger partial charge on any atom is 0.256 e. The van der Waals surface area contributed by atoms with Crippen molar-refractivity contribution in [2.24, 2.45) is 0 Å². The molecule has 0 amide bonds. The maximum atomic E-state index is 5.18. The molecule has 0 unspecified atom stereocenters. The lowest BCUT2D eigenvalue weighted by Gasteiger charge is -2.16. The van der Waals surface area contributed by atoms with Gasteiger partial charge in [-0.25, -0.2) is 5.06 Å². The Hall–Kier alpha value is -1.78. The van der Waals surface area contributed by atoms with Crippen LogP contribution in [0, 0.1) is 12.3 Å². The van der Waals surface area contributed by atoms with Gasteiger partial charge in [-0.05, 0) is 13.8 Å². The average Bonchev–Trinajstić information content (AvgIpc) is 2.34. The third-order valence-electron chi connectivity index (χ3n) is 1.95. The monoisotopic (exact) mass is 286 g/mol. The Balaban J connectivity index is 0.00000324. The molecule has 0 atom stereocenters. The van der Waals surface area contributed by atoms with Crippen molar-refractivity contribution in [3.05, 3.63) is 0 Å². The molecular weight excluding hydrogens is 268 g/mol. The minimum atomic E-state index is 0. The summed E-state index contributed by atoms with van der Waals surface area (Å²) in [4.78, 5) is 17.7. The van der Waals surface area contributed by atoms with Crippen LogP contribution in [0.4, 0.5) is 17.8 Å². The number of hydrogen-bond donors (Lipinski definition) is 2. The van der Waals surface area contributed by atoms with Crippen molar-refractivity contribution in [3.63, 3.8) is 0 Å². The van der Waals surface area contributed by atoms with Gasteiger partial charge < -0.3 is 10.6 Å². The number of terminal acetylenes is 1. The molecule has 0 saturated carbocycles. The number of rotatable bonds is 6. The van der Waals surface area contributed by atoms with Gasteiger partial charge in [0.25, 0.3) is 5.95 Å². The van der Waals surface area contributed by atoms with E-state index in [-0.39, 0.29) is 18.4 Å². The predicted molar refractivity (Wildman–Crippen MR) is 78.6 cm³/mol. The van der Waals surface area contributed by atoms with Gasteiger partial charge in [0.15, 0.2) is 0 Å². The standard InChI is InChI=1S/C11H18N6O.ClH/c1-6-7-12-9-14-10(13-8(2)3)16-11(15-9)17(4)18-5;/h1,8H,7H2,2-5H3,(H2,12,13,14,15,16);1H. The molecule has 19 heavy (non-hydrogen) atoms. The smallest absolute Gasteiger partial charge is 0.256 e. The van der Waals surface area contributed by atoms with Gasteiger partial charge in [0.1, 0.15) is 0 Å². The highest BCUT2D eigenvalue weighted by atomic mass is 35.5. The van der Waals surface area contributed by atoms with Gasteiger partial charge in [0.05, 0.1) is 13.7 Å². The molecule has 106 valence electrons. The van der Waals surface area contributed by atoms with Crippen molar-refractivity contribution in [1.82, 2.24) is 15.0 Å². The number of anilines is 3. The van der Waals surface area contributed by atoms with Crippen LogP contribution in [0.25, 0.3) is 0 Å². The Kier molecular flexibility index (Phi) is 7.56. The minimum Gasteiger partial charge on any atom is -0.352 e. The molecule has 0 aliphatic carbocycles. The highest BCUT2D eigenvalue weighted by Crippen LogP contribution is 2.12. The first-order valence-corrected chi connectivity index (χ1v) is 5.54. The van der Waals surface area contributed by atoms with E-state index in [1.807, 2.05) is 13.8 Å². The van der Waals surface area contributed by atoms with Gasteiger partial charge in [-0.1, -0.05) is 5.92 Å². The van der Waals surface area contributed by atoms with E-state index in [1.54, 1.807) is 7.05 Å². The van der Waals surface area contributed by atoms with Gasteiger partial charge in [-0.2, -0.15) is 15.0 Å². The summed E-state index contributed by atoms with van der Waals surface area (Å²) in [6, 6.07) is 0.216. The number of halogens is 1. The molecule has 0 aromatic carbocycles. The van der Waals surface area contributed by atoms with E-state index in [1.165, 1.54) is 12.2 Å². The van der Waals surface area contributed by atoms with Crippen molar-refractivity contribution in [3.8, 4) is 12.3 Å². The molecule has 0 aliphatic heterocycles. The Bertz CT molecular complexity index is 434. The van der Waals surface area contributed by atoms with Crippen LogP contribution in [-0.2, 0) is 4.84 Å². The topological polar surface area (TPSA) is 75.2 Å². The molecular formula is C11H19ClN6O. The summed E-state index contributed by atoms with van der Waals surface area (Å²) in [6.45, 7) is 4.34. The zero-order valence-corrected chi connectivity index (χ0v) is 12.3. The maximum absolute atomic E-state index is 5.18. The number of aromatic nitrogens is 3. The van der Waals surface area contributed by atoms with Crippen LogP contribution in [0.5, 0.6) is 0 Å². The lowest BCUT2D eigenvalue weighted by molar-refractivity contribution is 0.180. The van der Waals surface area contributed by atoms with Crippen molar-refractivity contribution in [1.29, 1.82) is 0 Å². The zero-order valence-electron chi connectivity index (χ0n) is 11.5. The summed E-state index contributed by atoms with van der Waals surface area (Å²) in [5.41, 5.74) is 0. The Morgan fingerprint density at radius 2 is 1.95 bits per heavy atom. The highest BCUT2D eigenvalue weighted by molar-refractivity contribution is 5.85. The average molecular weight is 287 g/mol. The first-order valence-electron chi connectivity index (χ1n) is 5.54. The molecule has 1 aromatic rings. The summed E-state index contributed by atoms with van der Waals surface area (Å²) in [6.07, 6.45) is 5.18.